The zero-order chi connectivity index (χ0) is 13.2. The van der Waals surface area contributed by atoms with Crippen molar-refractivity contribution in [3.05, 3.63) is 60.8 Å². The molecule has 2 aromatic carbocycles. The summed E-state index contributed by atoms with van der Waals surface area (Å²) in [4.78, 5) is 3.21. The third-order valence-electron chi connectivity index (χ3n) is 3.06. The molecular weight excluding hydrogens is 238 g/mol. The molecule has 3 N–H and O–H groups in total. The second kappa shape index (κ2) is 4.53. The number of hydrogen-bond donors (Lipinski definition) is 3. The van der Waals surface area contributed by atoms with Crippen molar-refractivity contribution in [2.24, 2.45) is 0 Å². The molecule has 0 aliphatic rings. The lowest BCUT2D eigenvalue weighted by molar-refractivity contribution is 0.475. The molecule has 0 aliphatic heterocycles. The van der Waals surface area contributed by atoms with Crippen LogP contribution in [-0.2, 0) is 0 Å². The third kappa shape index (κ3) is 2.31. The summed E-state index contributed by atoms with van der Waals surface area (Å²) in [6.45, 7) is 0. The molecule has 19 heavy (non-hydrogen) atoms. The number of rotatable bonds is 2. The molecule has 3 aromatic rings. The number of phenols is 2. The van der Waals surface area contributed by atoms with Crippen LogP contribution in [0.15, 0.2) is 60.8 Å². The number of aromatic nitrogens is 1. The first-order valence-corrected chi connectivity index (χ1v) is 5.99. The molecule has 0 saturated carbocycles. The van der Waals surface area contributed by atoms with Crippen molar-refractivity contribution in [1.29, 1.82) is 0 Å². The number of nitrogens with one attached hydrogen (secondary N) is 1. The molecule has 0 aliphatic carbocycles. The minimum Gasteiger partial charge on any atom is -0.508 e. The van der Waals surface area contributed by atoms with Gasteiger partial charge in [-0.2, -0.15) is 0 Å². The van der Waals surface area contributed by atoms with Crippen molar-refractivity contribution in [3.8, 4) is 33.9 Å². The summed E-state index contributed by atoms with van der Waals surface area (Å²) >= 11 is 0. The fraction of sp³-hybridized carbons (Fsp3) is 0. The highest BCUT2D eigenvalue weighted by molar-refractivity contribution is 5.71. The molecule has 0 atom stereocenters. The first-order valence-electron chi connectivity index (χ1n) is 5.99. The van der Waals surface area contributed by atoms with Gasteiger partial charge in [0.05, 0.1) is 0 Å². The molecule has 0 saturated heterocycles. The average molecular weight is 251 g/mol. The monoisotopic (exact) mass is 251 g/mol. The molecule has 1 aromatic heterocycles. The lowest BCUT2D eigenvalue weighted by Crippen LogP contribution is -1.75. The highest BCUT2D eigenvalue weighted by Crippen LogP contribution is 2.27. The van der Waals surface area contributed by atoms with E-state index in [1.165, 1.54) is 0 Å². The van der Waals surface area contributed by atoms with Crippen LogP contribution in [0.2, 0.25) is 0 Å². The van der Waals surface area contributed by atoms with Crippen LogP contribution in [0.25, 0.3) is 22.4 Å². The number of phenolic OH excluding ortho intramolecular Hbond substituents is 2. The average Bonchev–Trinajstić information content (AvgIpc) is 2.90. The smallest absolute Gasteiger partial charge is 0.115 e. The molecule has 0 unspecified atom stereocenters. The lowest BCUT2D eigenvalue weighted by atomic mass is 10.1. The molecule has 0 amide bonds. The summed E-state index contributed by atoms with van der Waals surface area (Å²) in [5.74, 6) is 0.520. The number of H-pyrrole nitrogens is 1. The van der Waals surface area contributed by atoms with Gasteiger partial charge in [-0.1, -0.05) is 12.1 Å². The lowest BCUT2D eigenvalue weighted by Gasteiger charge is -1.98. The van der Waals surface area contributed by atoms with Gasteiger partial charge >= 0.3 is 0 Å². The Hall–Kier alpha value is -2.68. The van der Waals surface area contributed by atoms with Crippen LogP contribution in [0.3, 0.4) is 0 Å². The SMILES string of the molecule is Oc1ccc(-c2c[nH]c(-c3ccc(O)cc3)c2)cc1. The van der Waals surface area contributed by atoms with Crippen molar-refractivity contribution in [1.82, 2.24) is 4.98 Å². The van der Waals surface area contributed by atoms with Crippen LogP contribution in [-0.4, -0.2) is 15.2 Å². The zero-order valence-electron chi connectivity index (χ0n) is 10.2. The molecule has 3 nitrogen and oxygen atoms in total. The van der Waals surface area contributed by atoms with Gasteiger partial charge in [0.2, 0.25) is 0 Å². The van der Waals surface area contributed by atoms with Gasteiger partial charge in [0, 0.05) is 11.9 Å². The van der Waals surface area contributed by atoms with Crippen LogP contribution < -0.4 is 0 Å². The minimum absolute atomic E-state index is 0.258. The Balaban J connectivity index is 1.95. The van der Waals surface area contributed by atoms with E-state index in [0.29, 0.717) is 0 Å². The number of aromatic amines is 1. The minimum atomic E-state index is 0.258. The molecule has 94 valence electrons. The predicted molar refractivity (Wildman–Crippen MR) is 75.0 cm³/mol. The largest absolute Gasteiger partial charge is 0.508 e. The molecule has 0 fully saturated rings. The normalized spacial score (nSPS) is 10.5. The van der Waals surface area contributed by atoms with Crippen LogP contribution >= 0.6 is 0 Å². The molecule has 0 radical (unpaired) electrons. The molecule has 0 spiro atoms. The van der Waals surface area contributed by atoms with Crippen molar-refractivity contribution < 1.29 is 10.2 Å². The zero-order valence-corrected chi connectivity index (χ0v) is 10.2. The maximum absolute atomic E-state index is 9.28. The van der Waals surface area contributed by atoms with Crippen LogP contribution in [0.1, 0.15) is 0 Å². The summed E-state index contributed by atoms with van der Waals surface area (Å²) in [5.41, 5.74) is 4.10. The highest BCUT2D eigenvalue weighted by atomic mass is 16.3. The summed E-state index contributed by atoms with van der Waals surface area (Å²) in [5, 5.41) is 18.6. The predicted octanol–water partition coefficient (Wildman–Crippen LogP) is 3.76. The maximum Gasteiger partial charge on any atom is 0.115 e. The standard InChI is InChI=1S/C16H13NO2/c18-14-5-1-11(2-6-14)13-9-16(17-10-13)12-3-7-15(19)8-4-12/h1-10,17-19H. The van der Waals surface area contributed by atoms with Crippen LogP contribution in [0.4, 0.5) is 0 Å². The Labute approximate surface area is 110 Å². The summed E-state index contributed by atoms with van der Waals surface area (Å²) in [6.07, 6.45) is 1.93. The molecule has 3 heteroatoms. The highest BCUT2D eigenvalue weighted by Gasteiger charge is 2.04. The Bertz CT molecular complexity index is 622. The van der Waals surface area contributed by atoms with E-state index in [9.17, 15) is 10.2 Å². The first kappa shape index (κ1) is 11.4. The summed E-state index contributed by atoms with van der Waals surface area (Å²) in [6, 6.07) is 16.2. The third-order valence-corrected chi connectivity index (χ3v) is 3.06. The van der Waals surface area contributed by atoms with Gasteiger partial charge in [0.15, 0.2) is 0 Å². The fourth-order valence-corrected chi connectivity index (χ4v) is 2.02. The van der Waals surface area contributed by atoms with E-state index in [1.807, 2.05) is 36.5 Å². The van der Waals surface area contributed by atoms with Gasteiger partial charge in [0.25, 0.3) is 0 Å². The van der Waals surface area contributed by atoms with Crippen LogP contribution in [0, 0.1) is 0 Å². The fourth-order valence-electron chi connectivity index (χ4n) is 2.02. The molecule has 3 rings (SSSR count). The van der Waals surface area contributed by atoms with E-state index in [1.54, 1.807) is 24.3 Å². The Kier molecular flexibility index (Phi) is 2.72. The maximum atomic E-state index is 9.28. The number of hydrogen-bond acceptors (Lipinski definition) is 2. The molecule has 1 heterocycles. The van der Waals surface area contributed by atoms with Gasteiger partial charge in [-0.3, -0.25) is 0 Å². The van der Waals surface area contributed by atoms with Gasteiger partial charge in [-0.25, -0.2) is 0 Å². The van der Waals surface area contributed by atoms with E-state index in [2.05, 4.69) is 4.98 Å². The second-order valence-corrected chi connectivity index (χ2v) is 4.40. The van der Waals surface area contributed by atoms with Crippen LogP contribution in [0.5, 0.6) is 11.5 Å². The van der Waals surface area contributed by atoms with Crippen molar-refractivity contribution >= 4 is 0 Å². The van der Waals surface area contributed by atoms with Gasteiger partial charge in [-0.15, -0.1) is 0 Å². The Morgan fingerprint density at radius 2 is 1.16 bits per heavy atom. The van der Waals surface area contributed by atoms with Gasteiger partial charge in [-0.05, 0) is 59.2 Å². The van der Waals surface area contributed by atoms with Crippen molar-refractivity contribution in [2.75, 3.05) is 0 Å². The Morgan fingerprint density at radius 1 is 0.632 bits per heavy atom. The van der Waals surface area contributed by atoms with E-state index >= 15 is 0 Å². The molecule has 0 bridgehead atoms. The van der Waals surface area contributed by atoms with E-state index in [-0.39, 0.29) is 11.5 Å². The molecular formula is C16H13NO2. The van der Waals surface area contributed by atoms with E-state index in [0.717, 1.165) is 22.4 Å². The number of benzene rings is 2. The summed E-state index contributed by atoms with van der Waals surface area (Å²) in [7, 11) is 0. The Morgan fingerprint density at radius 3 is 1.74 bits per heavy atom. The topological polar surface area (TPSA) is 56.2 Å². The quantitative estimate of drug-likeness (QED) is 0.649. The summed E-state index contributed by atoms with van der Waals surface area (Å²) < 4.78 is 0. The van der Waals surface area contributed by atoms with Gasteiger partial charge < -0.3 is 15.2 Å². The first-order chi connectivity index (χ1) is 9.22. The second-order valence-electron chi connectivity index (χ2n) is 4.40. The van der Waals surface area contributed by atoms with E-state index < -0.39 is 0 Å². The van der Waals surface area contributed by atoms with Crippen molar-refractivity contribution in [2.45, 2.75) is 0 Å². The van der Waals surface area contributed by atoms with E-state index in [4.69, 9.17) is 0 Å². The number of aromatic hydroxyl groups is 2. The van der Waals surface area contributed by atoms with Crippen molar-refractivity contribution in [3.63, 3.8) is 0 Å². The van der Waals surface area contributed by atoms with Gasteiger partial charge in [0.1, 0.15) is 11.5 Å².